The lowest BCUT2D eigenvalue weighted by molar-refractivity contribution is 0.0505. The van der Waals surface area contributed by atoms with Crippen LogP contribution in [-0.2, 0) is 11.3 Å². The summed E-state index contributed by atoms with van der Waals surface area (Å²) in [7, 11) is 0. The van der Waals surface area contributed by atoms with Crippen LogP contribution in [-0.4, -0.2) is 39.8 Å². The van der Waals surface area contributed by atoms with Gasteiger partial charge < -0.3 is 14.9 Å². The number of ether oxygens (including phenoxy) is 1. The quantitative estimate of drug-likeness (QED) is 0.441. The molecule has 0 unspecified atom stereocenters. The molecule has 1 atom stereocenters. The summed E-state index contributed by atoms with van der Waals surface area (Å²) in [5.74, 6) is 0.125. The van der Waals surface area contributed by atoms with E-state index in [0.717, 1.165) is 16.7 Å². The number of esters is 1. The first kappa shape index (κ1) is 27.2. The summed E-state index contributed by atoms with van der Waals surface area (Å²) in [6.07, 6.45) is 2.42. The first-order chi connectivity index (χ1) is 16.4. The third kappa shape index (κ3) is 10.2. The molecule has 180 valence electrons. The Kier molecular flexibility index (Phi) is 11.9. The molecule has 3 aromatic carbocycles. The SMILES string of the molecule is Cc1ccc(C(=O)O)cc1.Cc1ccc(C(=O)OC[C@H]2CCCS2)cc1.OCc1ccccc1. The molecular formula is C28H32O5S. The van der Waals surface area contributed by atoms with Crippen molar-refractivity contribution in [2.24, 2.45) is 0 Å². The van der Waals surface area contributed by atoms with Crippen molar-refractivity contribution in [3.05, 3.63) is 107 Å². The van der Waals surface area contributed by atoms with Crippen molar-refractivity contribution in [3.63, 3.8) is 0 Å². The average Bonchev–Trinajstić information content (AvgIpc) is 3.38. The second-order valence-electron chi connectivity index (χ2n) is 7.91. The number of hydrogen-bond acceptors (Lipinski definition) is 5. The molecule has 1 aliphatic rings. The molecule has 0 amide bonds. The smallest absolute Gasteiger partial charge is 0.338 e. The van der Waals surface area contributed by atoms with Crippen molar-refractivity contribution in [3.8, 4) is 0 Å². The zero-order valence-corrected chi connectivity index (χ0v) is 20.5. The highest BCUT2D eigenvalue weighted by molar-refractivity contribution is 8.00. The molecule has 0 aromatic heterocycles. The number of carbonyl (C=O) groups is 2. The second kappa shape index (κ2) is 14.9. The topological polar surface area (TPSA) is 83.8 Å². The minimum Gasteiger partial charge on any atom is -0.478 e. The zero-order chi connectivity index (χ0) is 24.8. The van der Waals surface area contributed by atoms with Crippen LogP contribution < -0.4 is 0 Å². The Balaban J connectivity index is 0.000000195. The molecule has 1 aliphatic heterocycles. The number of carboxylic acids is 1. The van der Waals surface area contributed by atoms with Gasteiger partial charge in [-0.1, -0.05) is 65.7 Å². The third-order valence-electron chi connectivity index (χ3n) is 5.04. The van der Waals surface area contributed by atoms with E-state index in [9.17, 15) is 9.59 Å². The molecule has 6 heteroatoms. The monoisotopic (exact) mass is 480 g/mol. The number of aromatic carboxylic acids is 1. The van der Waals surface area contributed by atoms with Gasteiger partial charge in [0.2, 0.25) is 0 Å². The normalized spacial score (nSPS) is 14.1. The van der Waals surface area contributed by atoms with Gasteiger partial charge in [0.1, 0.15) is 6.61 Å². The Morgan fingerprint density at radius 2 is 1.44 bits per heavy atom. The molecule has 0 bridgehead atoms. The van der Waals surface area contributed by atoms with Crippen LogP contribution >= 0.6 is 11.8 Å². The number of aliphatic hydroxyl groups excluding tert-OH is 1. The summed E-state index contributed by atoms with van der Waals surface area (Å²) in [5, 5.41) is 17.5. The number of hydrogen-bond donors (Lipinski definition) is 2. The van der Waals surface area contributed by atoms with Gasteiger partial charge in [-0.2, -0.15) is 11.8 Å². The van der Waals surface area contributed by atoms with Gasteiger partial charge in [-0.05, 0) is 62.3 Å². The van der Waals surface area contributed by atoms with Crippen LogP contribution in [0.1, 0.15) is 50.2 Å². The average molecular weight is 481 g/mol. The number of aryl methyl sites for hydroxylation is 2. The summed E-state index contributed by atoms with van der Waals surface area (Å²) in [4.78, 5) is 22.0. The van der Waals surface area contributed by atoms with Gasteiger partial charge in [-0.25, -0.2) is 9.59 Å². The van der Waals surface area contributed by atoms with E-state index in [1.165, 1.54) is 18.6 Å². The van der Waals surface area contributed by atoms with Gasteiger partial charge in [0.25, 0.3) is 0 Å². The van der Waals surface area contributed by atoms with E-state index in [0.29, 0.717) is 23.0 Å². The van der Waals surface area contributed by atoms with Crippen LogP contribution in [0, 0.1) is 13.8 Å². The summed E-state index contributed by atoms with van der Waals surface area (Å²) >= 11 is 1.90. The molecule has 34 heavy (non-hydrogen) atoms. The fourth-order valence-corrected chi connectivity index (χ4v) is 4.16. The molecular weight excluding hydrogens is 448 g/mol. The van der Waals surface area contributed by atoms with Gasteiger partial charge in [0.05, 0.1) is 17.7 Å². The van der Waals surface area contributed by atoms with Gasteiger partial charge >= 0.3 is 11.9 Å². The Bertz CT molecular complexity index is 995. The van der Waals surface area contributed by atoms with Crippen molar-refractivity contribution in [1.82, 2.24) is 0 Å². The van der Waals surface area contributed by atoms with Crippen LogP contribution in [0.2, 0.25) is 0 Å². The summed E-state index contributed by atoms with van der Waals surface area (Å²) in [6, 6.07) is 23.8. The largest absolute Gasteiger partial charge is 0.478 e. The Labute approximate surface area is 205 Å². The molecule has 0 radical (unpaired) electrons. The van der Waals surface area contributed by atoms with Crippen LogP contribution in [0.4, 0.5) is 0 Å². The number of rotatable bonds is 5. The van der Waals surface area contributed by atoms with Crippen LogP contribution in [0.15, 0.2) is 78.9 Å². The van der Waals surface area contributed by atoms with E-state index < -0.39 is 5.97 Å². The predicted octanol–water partition coefficient (Wildman–Crippen LogP) is 5.92. The maximum absolute atomic E-state index is 11.7. The van der Waals surface area contributed by atoms with E-state index in [-0.39, 0.29) is 12.6 Å². The Morgan fingerprint density at radius 1 is 0.882 bits per heavy atom. The molecule has 0 saturated carbocycles. The molecule has 0 aliphatic carbocycles. The van der Waals surface area contributed by atoms with Gasteiger partial charge in [-0.3, -0.25) is 0 Å². The molecule has 0 spiro atoms. The minimum absolute atomic E-state index is 0.140. The van der Waals surface area contributed by atoms with Crippen LogP contribution in [0.25, 0.3) is 0 Å². The van der Waals surface area contributed by atoms with Crippen LogP contribution in [0.5, 0.6) is 0 Å². The number of thioether (sulfide) groups is 1. The van der Waals surface area contributed by atoms with Gasteiger partial charge in [-0.15, -0.1) is 0 Å². The summed E-state index contributed by atoms with van der Waals surface area (Å²) in [5.41, 5.74) is 4.18. The van der Waals surface area contributed by atoms with E-state index in [2.05, 4.69) is 0 Å². The molecule has 2 N–H and O–H groups in total. The van der Waals surface area contributed by atoms with Crippen molar-refractivity contribution in [2.75, 3.05) is 12.4 Å². The van der Waals surface area contributed by atoms with Crippen molar-refractivity contribution < 1.29 is 24.5 Å². The lowest BCUT2D eigenvalue weighted by Crippen LogP contribution is -2.13. The predicted molar refractivity (Wildman–Crippen MR) is 137 cm³/mol. The lowest BCUT2D eigenvalue weighted by Gasteiger charge is -2.09. The molecule has 1 saturated heterocycles. The third-order valence-corrected chi connectivity index (χ3v) is 6.40. The number of carbonyl (C=O) groups excluding carboxylic acids is 1. The van der Waals surface area contributed by atoms with Crippen molar-refractivity contribution >= 4 is 23.7 Å². The number of aliphatic hydroxyl groups is 1. The zero-order valence-electron chi connectivity index (χ0n) is 19.6. The first-order valence-corrected chi connectivity index (χ1v) is 12.2. The molecule has 4 rings (SSSR count). The fraction of sp³-hybridized carbons (Fsp3) is 0.286. The fourth-order valence-electron chi connectivity index (χ4n) is 3.00. The molecule has 3 aromatic rings. The first-order valence-electron chi connectivity index (χ1n) is 11.2. The van der Waals surface area contributed by atoms with Crippen molar-refractivity contribution in [1.29, 1.82) is 0 Å². The Hall–Kier alpha value is -3.09. The number of carboxylic acid groups (broad SMARTS) is 1. The van der Waals surface area contributed by atoms with E-state index in [1.807, 2.05) is 80.2 Å². The second-order valence-corrected chi connectivity index (χ2v) is 9.32. The molecule has 1 fully saturated rings. The highest BCUT2D eigenvalue weighted by Gasteiger charge is 2.17. The van der Waals surface area contributed by atoms with Gasteiger partial charge in [0.15, 0.2) is 0 Å². The van der Waals surface area contributed by atoms with Crippen molar-refractivity contribution in [2.45, 2.75) is 38.5 Å². The minimum atomic E-state index is -0.875. The van der Waals surface area contributed by atoms with E-state index >= 15 is 0 Å². The molecule has 1 heterocycles. The van der Waals surface area contributed by atoms with Gasteiger partial charge in [0, 0.05) is 5.25 Å². The van der Waals surface area contributed by atoms with Crippen LogP contribution in [0.3, 0.4) is 0 Å². The molecule has 5 nitrogen and oxygen atoms in total. The maximum Gasteiger partial charge on any atom is 0.338 e. The van der Waals surface area contributed by atoms with E-state index in [1.54, 1.807) is 24.3 Å². The maximum atomic E-state index is 11.7. The van der Waals surface area contributed by atoms with E-state index in [4.69, 9.17) is 14.9 Å². The highest BCUT2D eigenvalue weighted by Crippen LogP contribution is 2.26. The summed E-state index contributed by atoms with van der Waals surface area (Å²) < 4.78 is 5.29. The summed E-state index contributed by atoms with van der Waals surface area (Å²) in [6.45, 7) is 4.62. The lowest BCUT2D eigenvalue weighted by atomic mass is 10.1. The Morgan fingerprint density at radius 3 is 1.88 bits per heavy atom. The highest BCUT2D eigenvalue weighted by atomic mass is 32.2. The standard InChI is InChI=1S/C13H16O2S.C8H8O2.C7H8O/c1-10-4-6-11(7-5-10)13(14)15-9-12-3-2-8-16-12;1-6-2-4-7(5-3-6)8(9)10;8-6-7-4-2-1-3-5-7/h4-7,12H,2-3,8-9H2,1H3;2-5H,1H3,(H,9,10);1-5,8H,6H2/t12-;;/m1../s1. The number of benzene rings is 3.